The minimum Gasteiger partial charge on any atom is -0.496 e. The number of amides is 2. The van der Waals surface area contributed by atoms with Gasteiger partial charge in [0.15, 0.2) is 0 Å². The molecular formula is C22H30N4O3. The number of hydrogen-bond acceptors (Lipinski definition) is 4. The number of methoxy groups -OCH3 is 1. The molecule has 0 radical (unpaired) electrons. The zero-order chi connectivity index (χ0) is 20.9. The first kappa shape index (κ1) is 20.9. The minimum absolute atomic E-state index is 0.0203. The van der Waals surface area contributed by atoms with Crippen molar-refractivity contribution in [3.63, 3.8) is 0 Å². The quantitative estimate of drug-likeness (QED) is 0.741. The number of hydrogen-bond donors (Lipinski definition) is 1. The number of benzene rings is 1. The van der Waals surface area contributed by atoms with Crippen molar-refractivity contribution in [3.05, 3.63) is 48.3 Å². The standard InChI is InChI=1S/C22H30N4O3/c1-17(26-14-8-13-24-26)21(28)25(2)15-20(27)23-16-22(11-6-7-12-22)18-9-4-5-10-19(18)29-3/h4-5,8-10,13-14,17H,6-7,11-12,15-16H2,1-3H3,(H,23,27). The van der Waals surface area contributed by atoms with Gasteiger partial charge in [-0.25, -0.2) is 0 Å². The highest BCUT2D eigenvalue weighted by molar-refractivity contribution is 5.86. The first-order valence-corrected chi connectivity index (χ1v) is 10.1. The Hall–Kier alpha value is -2.83. The van der Waals surface area contributed by atoms with Gasteiger partial charge in [0.2, 0.25) is 11.8 Å². The Morgan fingerprint density at radius 3 is 2.66 bits per heavy atom. The van der Waals surface area contributed by atoms with E-state index < -0.39 is 6.04 Å². The highest BCUT2D eigenvalue weighted by Crippen LogP contribution is 2.44. The molecule has 1 aromatic carbocycles. The molecule has 0 spiro atoms. The van der Waals surface area contributed by atoms with Crippen molar-refractivity contribution in [1.82, 2.24) is 20.0 Å². The summed E-state index contributed by atoms with van der Waals surface area (Å²) in [5, 5.41) is 7.17. The SMILES string of the molecule is COc1ccccc1C1(CNC(=O)CN(C)C(=O)C(C)n2cccn2)CCCC1. The average Bonchev–Trinajstić information content (AvgIpc) is 3.44. The second-order valence-electron chi connectivity index (χ2n) is 7.82. The van der Waals surface area contributed by atoms with Gasteiger partial charge >= 0.3 is 0 Å². The van der Waals surface area contributed by atoms with E-state index in [1.807, 2.05) is 18.2 Å². The Bertz CT molecular complexity index is 828. The third-order valence-corrected chi connectivity index (χ3v) is 5.90. The lowest BCUT2D eigenvalue weighted by Gasteiger charge is -2.31. The van der Waals surface area contributed by atoms with Crippen molar-refractivity contribution < 1.29 is 14.3 Å². The third kappa shape index (κ3) is 4.60. The molecule has 1 atom stereocenters. The fraction of sp³-hybridized carbons (Fsp3) is 0.500. The van der Waals surface area contributed by atoms with Crippen LogP contribution in [0.2, 0.25) is 0 Å². The lowest BCUT2D eigenvalue weighted by molar-refractivity contribution is -0.137. The van der Waals surface area contributed by atoms with Crippen LogP contribution in [0.5, 0.6) is 5.75 Å². The van der Waals surface area contributed by atoms with Gasteiger partial charge in [-0.2, -0.15) is 5.10 Å². The second kappa shape index (κ2) is 9.11. The number of carbonyl (C=O) groups is 2. The van der Waals surface area contributed by atoms with Gasteiger partial charge < -0.3 is 15.0 Å². The van der Waals surface area contributed by atoms with Crippen LogP contribution in [0.4, 0.5) is 0 Å². The summed E-state index contributed by atoms with van der Waals surface area (Å²) in [5.74, 6) is 0.558. The van der Waals surface area contributed by atoms with E-state index in [4.69, 9.17) is 4.74 Å². The summed E-state index contributed by atoms with van der Waals surface area (Å²) in [6, 6.07) is 9.37. The molecule has 1 aromatic heterocycles. The van der Waals surface area contributed by atoms with Crippen molar-refractivity contribution in [2.75, 3.05) is 27.2 Å². The Labute approximate surface area is 172 Å². The lowest BCUT2D eigenvalue weighted by atomic mass is 9.78. The van der Waals surface area contributed by atoms with E-state index >= 15 is 0 Å². The zero-order valence-electron chi connectivity index (χ0n) is 17.4. The summed E-state index contributed by atoms with van der Waals surface area (Å²) in [6.07, 6.45) is 7.67. The summed E-state index contributed by atoms with van der Waals surface area (Å²) >= 11 is 0. The fourth-order valence-corrected chi connectivity index (χ4v) is 4.23. The fourth-order valence-electron chi connectivity index (χ4n) is 4.23. The summed E-state index contributed by atoms with van der Waals surface area (Å²) in [7, 11) is 3.33. The van der Waals surface area contributed by atoms with Gasteiger partial charge in [0, 0.05) is 37.0 Å². The van der Waals surface area contributed by atoms with Crippen LogP contribution in [-0.4, -0.2) is 53.7 Å². The van der Waals surface area contributed by atoms with Gasteiger partial charge in [0.25, 0.3) is 0 Å². The Kier molecular flexibility index (Phi) is 6.56. The molecule has 1 heterocycles. The van der Waals surface area contributed by atoms with E-state index in [0.717, 1.165) is 37.0 Å². The first-order valence-electron chi connectivity index (χ1n) is 10.1. The van der Waals surface area contributed by atoms with Crippen LogP contribution in [0.15, 0.2) is 42.7 Å². The summed E-state index contributed by atoms with van der Waals surface area (Å²) < 4.78 is 7.16. The Balaban J connectivity index is 1.62. The summed E-state index contributed by atoms with van der Waals surface area (Å²) in [5.41, 5.74) is 1.03. The van der Waals surface area contributed by atoms with Gasteiger partial charge in [-0.05, 0) is 31.9 Å². The molecule has 0 aliphatic heterocycles. The van der Waals surface area contributed by atoms with Gasteiger partial charge in [0.05, 0.1) is 13.7 Å². The molecule has 1 N–H and O–H groups in total. The lowest BCUT2D eigenvalue weighted by Crippen LogP contribution is -2.45. The van der Waals surface area contributed by atoms with E-state index in [9.17, 15) is 9.59 Å². The molecule has 1 unspecified atom stereocenters. The average molecular weight is 399 g/mol. The highest BCUT2D eigenvalue weighted by Gasteiger charge is 2.38. The van der Waals surface area contributed by atoms with Crippen LogP contribution in [0.3, 0.4) is 0 Å². The number of rotatable bonds is 8. The normalized spacial score (nSPS) is 16.2. The van der Waals surface area contributed by atoms with Gasteiger partial charge in [-0.1, -0.05) is 31.0 Å². The monoisotopic (exact) mass is 398 g/mol. The van der Waals surface area contributed by atoms with Crippen LogP contribution in [0.25, 0.3) is 0 Å². The molecule has 2 amide bonds. The summed E-state index contributed by atoms with van der Waals surface area (Å²) in [6.45, 7) is 2.34. The Morgan fingerprint density at radius 2 is 2.00 bits per heavy atom. The van der Waals surface area contributed by atoms with E-state index in [-0.39, 0.29) is 23.8 Å². The van der Waals surface area contributed by atoms with Crippen molar-refractivity contribution in [3.8, 4) is 5.75 Å². The van der Waals surface area contributed by atoms with Crippen molar-refractivity contribution >= 4 is 11.8 Å². The number of para-hydroxylation sites is 1. The predicted octanol–water partition coefficient (Wildman–Crippen LogP) is 2.54. The molecule has 0 saturated heterocycles. The first-order chi connectivity index (χ1) is 14.0. The molecule has 1 aliphatic rings. The van der Waals surface area contributed by atoms with Gasteiger partial charge in [-0.3, -0.25) is 14.3 Å². The van der Waals surface area contributed by atoms with E-state index in [0.29, 0.717) is 6.54 Å². The van der Waals surface area contributed by atoms with E-state index in [1.54, 1.807) is 44.2 Å². The topological polar surface area (TPSA) is 76.5 Å². The van der Waals surface area contributed by atoms with Crippen molar-refractivity contribution in [1.29, 1.82) is 0 Å². The minimum atomic E-state index is -0.447. The van der Waals surface area contributed by atoms with E-state index in [1.165, 1.54) is 4.90 Å². The molecular weight excluding hydrogens is 368 g/mol. The third-order valence-electron chi connectivity index (χ3n) is 5.90. The molecule has 7 nitrogen and oxygen atoms in total. The van der Waals surface area contributed by atoms with Crippen LogP contribution in [0, 0.1) is 0 Å². The number of carbonyl (C=O) groups excluding carboxylic acids is 2. The number of likely N-dealkylation sites (N-methyl/N-ethyl adjacent to an activating group) is 1. The smallest absolute Gasteiger partial charge is 0.247 e. The molecule has 1 fully saturated rings. The van der Waals surface area contributed by atoms with E-state index in [2.05, 4.69) is 16.5 Å². The maximum absolute atomic E-state index is 12.6. The maximum atomic E-state index is 12.6. The molecule has 2 aromatic rings. The molecule has 1 aliphatic carbocycles. The summed E-state index contributed by atoms with van der Waals surface area (Å²) in [4.78, 5) is 26.6. The van der Waals surface area contributed by atoms with Crippen molar-refractivity contribution in [2.45, 2.75) is 44.1 Å². The van der Waals surface area contributed by atoms with Gasteiger partial charge in [-0.15, -0.1) is 0 Å². The second-order valence-corrected chi connectivity index (χ2v) is 7.82. The largest absolute Gasteiger partial charge is 0.496 e. The molecule has 7 heteroatoms. The van der Waals surface area contributed by atoms with Crippen LogP contribution < -0.4 is 10.1 Å². The highest BCUT2D eigenvalue weighted by atomic mass is 16.5. The van der Waals surface area contributed by atoms with Crippen LogP contribution >= 0.6 is 0 Å². The van der Waals surface area contributed by atoms with Gasteiger partial charge in [0.1, 0.15) is 11.8 Å². The number of ether oxygens (including phenoxy) is 1. The number of nitrogens with zero attached hydrogens (tertiary/aromatic N) is 3. The molecule has 29 heavy (non-hydrogen) atoms. The zero-order valence-corrected chi connectivity index (χ0v) is 17.4. The molecule has 156 valence electrons. The maximum Gasteiger partial charge on any atom is 0.247 e. The van der Waals surface area contributed by atoms with Crippen LogP contribution in [-0.2, 0) is 15.0 Å². The molecule has 0 bridgehead atoms. The predicted molar refractivity (Wildman–Crippen MR) is 111 cm³/mol. The number of aromatic nitrogens is 2. The van der Waals surface area contributed by atoms with Crippen molar-refractivity contribution in [2.24, 2.45) is 0 Å². The molecule has 1 saturated carbocycles. The van der Waals surface area contributed by atoms with Crippen LogP contribution in [0.1, 0.15) is 44.2 Å². The number of nitrogens with one attached hydrogen (secondary N) is 1. The molecule has 3 rings (SSSR count). The Morgan fingerprint density at radius 1 is 1.28 bits per heavy atom.